The van der Waals surface area contributed by atoms with Crippen molar-refractivity contribution in [3.05, 3.63) is 36.2 Å². The summed E-state index contributed by atoms with van der Waals surface area (Å²) in [7, 11) is 1.74. The molecule has 1 unspecified atom stereocenters. The molecule has 14 heavy (non-hydrogen) atoms. The summed E-state index contributed by atoms with van der Waals surface area (Å²) in [5.74, 6) is 1.30. The molecule has 0 bridgehead atoms. The minimum Gasteiger partial charge on any atom is -0.496 e. The zero-order valence-electron chi connectivity index (χ0n) is 9.34. The number of hydrogen-bond acceptors (Lipinski definition) is 1. The molecule has 0 spiro atoms. The molecule has 0 heterocycles. The van der Waals surface area contributed by atoms with Crippen LogP contribution in [0.5, 0.6) is 5.75 Å². The largest absolute Gasteiger partial charge is 0.496 e. The Kier molecular flexibility index (Phi) is 3.99. The lowest BCUT2D eigenvalue weighted by Gasteiger charge is -2.15. The van der Waals surface area contributed by atoms with Crippen LogP contribution >= 0.6 is 0 Å². The fraction of sp³-hybridized carbons (Fsp3) is 0.462. The van der Waals surface area contributed by atoms with Gasteiger partial charge in [0.05, 0.1) is 7.11 Å². The van der Waals surface area contributed by atoms with E-state index >= 15 is 0 Å². The van der Waals surface area contributed by atoms with Gasteiger partial charge in [0.2, 0.25) is 0 Å². The molecule has 0 saturated heterocycles. The highest BCUT2D eigenvalue weighted by Gasteiger charge is 2.10. The fourth-order valence-corrected chi connectivity index (χ4v) is 1.71. The predicted molar refractivity (Wildman–Crippen MR) is 60.8 cm³/mol. The van der Waals surface area contributed by atoms with E-state index in [0.29, 0.717) is 0 Å². The molecule has 0 aliphatic rings. The van der Waals surface area contributed by atoms with Crippen LogP contribution in [-0.4, -0.2) is 7.11 Å². The summed E-state index contributed by atoms with van der Waals surface area (Å²) < 4.78 is 5.45. The van der Waals surface area contributed by atoms with Crippen molar-refractivity contribution in [3.63, 3.8) is 0 Å². The molecule has 77 valence electrons. The third-order valence-corrected chi connectivity index (χ3v) is 2.38. The first-order chi connectivity index (χ1) is 6.70. The van der Waals surface area contributed by atoms with E-state index in [4.69, 9.17) is 4.74 Å². The number of rotatable bonds is 4. The van der Waals surface area contributed by atoms with Gasteiger partial charge in [-0.1, -0.05) is 38.5 Å². The van der Waals surface area contributed by atoms with Gasteiger partial charge in [-0.15, -0.1) is 0 Å². The van der Waals surface area contributed by atoms with E-state index in [0.717, 1.165) is 18.6 Å². The third-order valence-electron chi connectivity index (χ3n) is 2.38. The normalized spacial score (nSPS) is 10.6. The van der Waals surface area contributed by atoms with Crippen LogP contribution in [0, 0.1) is 6.92 Å². The molecule has 0 N–H and O–H groups in total. The minimum atomic E-state index is 0.279. The number of methoxy groups -OCH3 is 1. The van der Waals surface area contributed by atoms with Gasteiger partial charge < -0.3 is 4.74 Å². The van der Waals surface area contributed by atoms with Crippen molar-refractivity contribution in [3.8, 4) is 5.75 Å². The summed E-state index contributed by atoms with van der Waals surface area (Å²) in [6, 6.07) is 6.31. The number of aryl methyl sites for hydroxylation is 1. The van der Waals surface area contributed by atoms with Crippen molar-refractivity contribution in [2.45, 2.75) is 32.6 Å². The second-order valence-corrected chi connectivity index (χ2v) is 3.69. The summed E-state index contributed by atoms with van der Waals surface area (Å²) in [5, 5.41) is 0. The predicted octanol–water partition coefficient (Wildman–Crippen LogP) is 3.59. The van der Waals surface area contributed by atoms with Gasteiger partial charge in [-0.3, -0.25) is 0 Å². The Morgan fingerprint density at radius 3 is 2.64 bits per heavy atom. The molecule has 1 aromatic carbocycles. The molecule has 1 heteroatoms. The molecular formula is C13H19O. The molecular weight excluding hydrogens is 172 g/mol. The van der Waals surface area contributed by atoms with Crippen LogP contribution in [-0.2, 0) is 6.42 Å². The van der Waals surface area contributed by atoms with Gasteiger partial charge in [-0.2, -0.15) is 0 Å². The van der Waals surface area contributed by atoms with Crippen LogP contribution in [0.4, 0.5) is 0 Å². The second-order valence-electron chi connectivity index (χ2n) is 3.69. The molecule has 0 fully saturated rings. The summed E-state index contributed by atoms with van der Waals surface area (Å²) in [5.41, 5.74) is 2.50. The molecule has 1 atom stereocenters. The quantitative estimate of drug-likeness (QED) is 0.706. The lowest BCUT2D eigenvalue weighted by atomic mass is 9.97. The molecule has 1 rings (SSSR count). The zero-order chi connectivity index (χ0) is 10.6. The van der Waals surface area contributed by atoms with E-state index in [9.17, 15) is 0 Å². The maximum Gasteiger partial charge on any atom is 0.125 e. The van der Waals surface area contributed by atoms with Crippen LogP contribution < -0.4 is 4.74 Å². The molecule has 0 amide bonds. The Morgan fingerprint density at radius 1 is 1.43 bits per heavy atom. The highest BCUT2D eigenvalue weighted by molar-refractivity contribution is 5.43. The zero-order valence-corrected chi connectivity index (χ0v) is 9.34. The van der Waals surface area contributed by atoms with Crippen LogP contribution in [0.3, 0.4) is 0 Å². The standard InChI is InChI=1S/C13H19O/c1-5-7-11-8-6-9-12(10(2)3)13(11)14-4/h6,8-10H,2,5,7H2,1,3-4H3. The minimum absolute atomic E-state index is 0.279. The summed E-state index contributed by atoms with van der Waals surface area (Å²) in [4.78, 5) is 0. The van der Waals surface area contributed by atoms with Crippen molar-refractivity contribution < 1.29 is 4.74 Å². The monoisotopic (exact) mass is 191 g/mol. The van der Waals surface area contributed by atoms with Crippen molar-refractivity contribution >= 4 is 0 Å². The number of para-hydroxylation sites is 1. The molecule has 1 nitrogen and oxygen atoms in total. The third kappa shape index (κ3) is 2.28. The summed E-state index contributed by atoms with van der Waals surface area (Å²) in [6.45, 7) is 8.31. The van der Waals surface area contributed by atoms with E-state index in [-0.39, 0.29) is 5.92 Å². The molecule has 0 aliphatic carbocycles. The first kappa shape index (κ1) is 11.1. The maximum absolute atomic E-state index is 5.45. The Labute approximate surface area is 87.1 Å². The van der Waals surface area contributed by atoms with Gasteiger partial charge >= 0.3 is 0 Å². The van der Waals surface area contributed by atoms with Gasteiger partial charge in [0.1, 0.15) is 5.75 Å². The lowest BCUT2D eigenvalue weighted by molar-refractivity contribution is 0.403. The average molecular weight is 191 g/mol. The Bertz CT molecular complexity index is 289. The lowest BCUT2D eigenvalue weighted by Crippen LogP contribution is -1.98. The molecule has 1 radical (unpaired) electrons. The van der Waals surface area contributed by atoms with E-state index in [1.165, 1.54) is 11.1 Å². The number of benzene rings is 1. The van der Waals surface area contributed by atoms with E-state index < -0.39 is 0 Å². The van der Waals surface area contributed by atoms with Crippen LogP contribution in [0.25, 0.3) is 0 Å². The van der Waals surface area contributed by atoms with Crippen LogP contribution in [0.2, 0.25) is 0 Å². The maximum atomic E-state index is 5.45. The number of hydrogen-bond donors (Lipinski definition) is 0. The first-order valence-corrected chi connectivity index (χ1v) is 5.19. The Hall–Kier alpha value is -0.980. The fourth-order valence-electron chi connectivity index (χ4n) is 1.71. The topological polar surface area (TPSA) is 9.23 Å². The van der Waals surface area contributed by atoms with Crippen molar-refractivity contribution in [2.75, 3.05) is 7.11 Å². The van der Waals surface area contributed by atoms with Crippen molar-refractivity contribution in [1.82, 2.24) is 0 Å². The van der Waals surface area contributed by atoms with Gasteiger partial charge in [-0.25, -0.2) is 0 Å². The van der Waals surface area contributed by atoms with Crippen LogP contribution in [0.15, 0.2) is 18.2 Å². The average Bonchev–Trinajstić information content (AvgIpc) is 2.18. The Morgan fingerprint density at radius 2 is 2.14 bits per heavy atom. The number of ether oxygens (including phenoxy) is 1. The molecule has 0 aromatic heterocycles. The van der Waals surface area contributed by atoms with E-state index in [1.54, 1.807) is 7.11 Å². The van der Waals surface area contributed by atoms with Gasteiger partial charge in [0, 0.05) is 0 Å². The van der Waals surface area contributed by atoms with E-state index in [2.05, 4.69) is 39.0 Å². The van der Waals surface area contributed by atoms with Crippen molar-refractivity contribution in [1.29, 1.82) is 0 Å². The highest BCUT2D eigenvalue weighted by Crippen LogP contribution is 2.30. The first-order valence-electron chi connectivity index (χ1n) is 5.19. The molecule has 1 aromatic rings. The Balaban J connectivity index is 3.11. The molecule has 0 aliphatic heterocycles. The van der Waals surface area contributed by atoms with Gasteiger partial charge in [-0.05, 0) is 30.4 Å². The SMILES string of the molecule is [CH2]C(C)c1cccc(CCC)c1OC. The summed E-state index contributed by atoms with van der Waals surface area (Å²) in [6.07, 6.45) is 2.22. The van der Waals surface area contributed by atoms with Gasteiger partial charge in [0.25, 0.3) is 0 Å². The smallest absolute Gasteiger partial charge is 0.125 e. The summed E-state index contributed by atoms with van der Waals surface area (Å²) >= 11 is 0. The highest BCUT2D eigenvalue weighted by atomic mass is 16.5. The van der Waals surface area contributed by atoms with Gasteiger partial charge in [0.15, 0.2) is 0 Å². The van der Waals surface area contributed by atoms with E-state index in [1.807, 2.05) is 0 Å². The molecule has 0 saturated carbocycles. The van der Waals surface area contributed by atoms with Crippen molar-refractivity contribution in [2.24, 2.45) is 0 Å². The second kappa shape index (κ2) is 5.04. The van der Waals surface area contributed by atoms with Crippen LogP contribution in [0.1, 0.15) is 37.3 Å².